The number of hydrogen-bond donors (Lipinski definition) is 0. The molecule has 3 heteroatoms. The van der Waals surface area contributed by atoms with Gasteiger partial charge < -0.3 is 4.74 Å². The molecule has 2 bridgehead atoms. The molecule has 0 aromatic rings. The van der Waals surface area contributed by atoms with Gasteiger partial charge in [-0.1, -0.05) is 6.42 Å². The van der Waals surface area contributed by atoms with E-state index in [1.165, 1.54) is 0 Å². The molecule has 82 valence electrons. The fourth-order valence-corrected chi connectivity index (χ4v) is 3.99. The number of carbonyl (C=O) groups excluding carboxylic acids is 2. The highest BCUT2D eigenvalue weighted by molar-refractivity contribution is 5.95. The molecule has 1 heterocycles. The molecular weight excluding hydrogens is 192 g/mol. The largest absolute Gasteiger partial charge is 0.458 e. The fourth-order valence-electron chi connectivity index (χ4n) is 3.99. The van der Waals surface area contributed by atoms with Crippen LogP contribution < -0.4 is 0 Å². The average Bonchev–Trinajstić information content (AvgIpc) is 2.56. The molecule has 1 spiro atoms. The first kappa shape index (κ1) is 9.37. The van der Waals surface area contributed by atoms with Crippen molar-refractivity contribution < 1.29 is 14.3 Å². The van der Waals surface area contributed by atoms with Crippen molar-refractivity contribution in [3.8, 4) is 0 Å². The van der Waals surface area contributed by atoms with Crippen molar-refractivity contribution in [1.82, 2.24) is 0 Å². The Kier molecular flexibility index (Phi) is 1.64. The summed E-state index contributed by atoms with van der Waals surface area (Å²) in [5.41, 5.74) is -0.922. The summed E-state index contributed by atoms with van der Waals surface area (Å²) in [5.74, 6) is 0.0268. The molecule has 1 saturated heterocycles. The summed E-state index contributed by atoms with van der Waals surface area (Å²) in [6.07, 6.45) is 5.27. The van der Waals surface area contributed by atoms with Crippen molar-refractivity contribution in [1.29, 1.82) is 0 Å². The molecule has 0 radical (unpaired) electrons. The summed E-state index contributed by atoms with van der Waals surface area (Å²) >= 11 is 0. The maximum Gasteiger partial charge on any atom is 0.310 e. The lowest BCUT2D eigenvalue weighted by molar-refractivity contribution is -0.156. The first-order valence-electron chi connectivity index (χ1n) is 5.86. The molecule has 3 aliphatic rings. The van der Waals surface area contributed by atoms with Crippen LogP contribution in [0.15, 0.2) is 0 Å². The van der Waals surface area contributed by atoms with Gasteiger partial charge in [0.25, 0.3) is 0 Å². The molecule has 2 aliphatic carbocycles. The highest BCUT2D eigenvalue weighted by atomic mass is 16.6. The van der Waals surface area contributed by atoms with Crippen LogP contribution in [-0.4, -0.2) is 17.4 Å². The summed E-state index contributed by atoms with van der Waals surface area (Å²) in [4.78, 5) is 23.9. The van der Waals surface area contributed by atoms with Gasteiger partial charge in [-0.2, -0.15) is 0 Å². The molecule has 0 unspecified atom stereocenters. The molecule has 1 aliphatic heterocycles. The number of rotatable bonds is 0. The van der Waals surface area contributed by atoms with Gasteiger partial charge in [0, 0.05) is 6.42 Å². The van der Waals surface area contributed by atoms with E-state index in [4.69, 9.17) is 4.74 Å². The topological polar surface area (TPSA) is 43.4 Å². The zero-order valence-corrected chi connectivity index (χ0v) is 9.04. The van der Waals surface area contributed by atoms with Gasteiger partial charge in [0.05, 0.1) is 11.3 Å². The first-order chi connectivity index (χ1) is 7.10. The Morgan fingerprint density at radius 3 is 2.60 bits per heavy atom. The van der Waals surface area contributed by atoms with Crippen LogP contribution in [0.25, 0.3) is 0 Å². The summed E-state index contributed by atoms with van der Waals surface area (Å²) in [6, 6.07) is 0. The van der Waals surface area contributed by atoms with E-state index in [1.807, 2.05) is 6.92 Å². The molecule has 0 N–H and O–H groups in total. The van der Waals surface area contributed by atoms with Crippen LogP contribution in [0.3, 0.4) is 0 Å². The van der Waals surface area contributed by atoms with Crippen molar-refractivity contribution in [2.45, 2.75) is 51.0 Å². The maximum atomic E-state index is 12.2. The Hall–Kier alpha value is -0.860. The Bertz CT molecular complexity index is 349. The van der Waals surface area contributed by atoms with E-state index in [-0.39, 0.29) is 17.7 Å². The zero-order chi connectivity index (χ0) is 10.7. The van der Waals surface area contributed by atoms with Crippen molar-refractivity contribution in [3.05, 3.63) is 0 Å². The predicted molar refractivity (Wildman–Crippen MR) is 53.1 cm³/mol. The Balaban J connectivity index is 2.10. The molecule has 3 nitrogen and oxygen atoms in total. The second kappa shape index (κ2) is 2.63. The summed E-state index contributed by atoms with van der Waals surface area (Å²) in [5, 5.41) is 0. The minimum absolute atomic E-state index is 0.126. The molecule has 2 saturated carbocycles. The normalized spacial score (nSPS) is 48.7. The maximum absolute atomic E-state index is 12.2. The number of carbonyl (C=O) groups is 2. The third kappa shape index (κ3) is 0.876. The summed E-state index contributed by atoms with van der Waals surface area (Å²) in [7, 11) is 0. The van der Waals surface area contributed by atoms with Crippen LogP contribution in [-0.2, 0) is 14.3 Å². The highest BCUT2D eigenvalue weighted by Gasteiger charge is 2.71. The number of ether oxygens (including phenoxy) is 1. The molecule has 3 atom stereocenters. The third-order valence-electron chi connectivity index (χ3n) is 4.78. The molecule has 0 aromatic carbocycles. The summed E-state index contributed by atoms with van der Waals surface area (Å²) < 4.78 is 5.45. The van der Waals surface area contributed by atoms with E-state index >= 15 is 0 Å². The van der Waals surface area contributed by atoms with Crippen molar-refractivity contribution in [3.63, 3.8) is 0 Å². The predicted octanol–water partition coefficient (Wildman–Crippen LogP) is 1.84. The van der Waals surface area contributed by atoms with Crippen LogP contribution >= 0.6 is 0 Å². The monoisotopic (exact) mass is 208 g/mol. The molecule has 15 heavy (non-hydrogen) atoms. The van der Waals surface area contributed by atoms with E-state index in [0.717, 1.165) is 32.1 Å². The van der Waals surface area contributed by atoms with Gasteiger partial charge in [-0.3, -0.25) is 9.59 Å². The Morgan fingerprint density at radius 1 is 1.27 bits per heavy atom. The van der Waals surface area contributed by atoms with Gasteiger partial charge in [-0.05, 0) is 32.6 Å². The molecule has 3 fully saturated rings. The number of hydrogen-bond acceptors (Lipinski definition) is 3. The molecule has 0 aromatic heterocycles. The lowest BCUT2D eigenvalue weighted by atomic mass is 9.62. The number of ketones is 1. The van der Waals surface area contributed by atoms with E-state index in [1.54, 1.807) is 0 Å². The SMILES string of the molecule is C[C@]12CC[C@H](C(=O)O1)[C@]21CCCCC1=O. The van der Waals surface area contributed by atoms with Crippen molar-refractivity contribution in [2.24, 2.45) is 11.3 Å². The molecular formula is C12H16O3. The minimum atomic E-state index is -0.480. The third-order valence-corrected chi connectivity index (χ3v) is 4.78. The van der Waals surface area contributed by atoms with Gasteiger partial charge in [-0.15, -0.1) is 0 Å². The second-order valence-corrected chi connectivity index (χ2v) is 5.34. The Morgan fingerprint density at radius 2 is 2.07 bits per heavy atom. The van der Waals surface area contributed by atoms with E-state index < -0.39 is 11.0 Å². The van der Waals surface area contributed by atoms with E-state index in [2.05, 4.69) is 0 Å². The number of Topliss-reactive ketones (excluding diaryl/α,β-unsaturated/α-hetero) is 1. The smallest absolute Gasteiger partial charge is 0.310 e. The quantitative estimate of drug-likeness (QED) is 0.570. The van der Waals surface area contributed by atoms with Gasteiger partial charge in [0.2, 0.25) is 0 Å². The van der Waals surface area contributed by atoms with Gasteiger partial charge in [0.1, 0.15) is 11.4 Å². The van der Waals surface area contributed by atoms with Crippen LogP contribution in [0.5, 0.6) is 0 Å². The average molecular weight is 208 g/mol. The van der Waals surface area contributed by atoms with Crippen molar-refractivity contribution >= 4 is 11.8 Å². The first-order valence-corrected chi connectivity index (χ1v) is 5.86. The van der Waals surface area contributed by atoms with Crippen LogP contribution in [0.4, 0.5) is 0 Å². The zero-order valence-electron chi connectivity index (χ0n) is 9.04. The van der Waals surface area contributed by atoms with E-state index in [0.29, 0.717) is 6.42 Å². The highest BCUT2D eigenvalue weighted by Crippen LogP contribution is 2.62. The summed E-state index contributed by atoms with van der Waals surface area (Å²) in [6.45, 7) is 1.96. The van der Waals surface area contributed by atoms with Gasteiger partial charge in [-0.25, -0.2) is 0 Å². The van der Waals surface area contributed by atoms with Gasteiger partial charge in [0.15, 0.2) is 0 Å². The standard InChI is InChI=1S/C12H16O3/c1-11-7-5-8(10(14)15-11)12(11)6-3-2-4-9(12)13/h8H,2-7H2,1H3/t8-,11-,12+/m1/s1. The van der Waals surface area contributed by atoms with E-state index in [9.17, 15) is 9.59 Å². The van der Waals surface area contributed by atoms with Crippen LogP contribution in [0.2, 0.25) is 0 Å². The minimum Gasteiger partial charge on any atom is -0.458 e. The van der Waals surface area contributed by atoms with Crippen molar-refractivity contribution in [2.75, 3.05) is 0 Å². The van der Waals surface area contributed by atoms with Gasteiger partial charge >= 0.3 is 5.97 Å². The lowest BCUT2D eigenvalue weighted by Crippen LogP contribution is -2.48. The van der Waals surface area contributed by atoms with Crippen LogP contribution in [0.1, 0.15) is 45.4 Å². The molecule has 3 rings (SSSR count). The lowest BCUT2D eigenvalue weighted by Gasteiger charge is -2.39. The van der Waals surface area contributed by atoms with Crippen LogP contribution in [0, 0.1) is 11.3 Å². The fraction of sp³-hybridized carbons (Fsp3) is 0.833. The molecule has 0 amide bonds. The Labute approximate surface area is 89.2 Å². The second-order valence-electron chi connectivity index (χ2n) is 5.34. The number of esters is 1.